The summed E-state index contributed by atoms with van der Waals surface area (Å²) in [5.74, 6) is 0. The van der Waals surface area contributed by atoms with Crippen molar-refractivity contribution in [2.24, 2.45) is 0 Å². The fourth-order valence-electron chi connectivity index (χ4n) is 2.41. The molecule has 0 saturated carbocycles. The topological polar surface area (TPSA) is 12.0 Å². The van der Waals surface area contributed by atoms with Gasteiger partial charge in [-0.25, -0.2) is 0 Å². The molecule has 2 rings (SSSR count). The highest BCUT2D eigenvalue weighted by Crippen LogP contribution is 2.22. The molecular formula is C17H21N. The summed E-state index contributed by atoms with van der Waals surface area (Å²) in [5, 5.41) is 3.44. The molecule has 0 aliphatic heterocycles. The molecule has 2 aromatic carbocycles. The van der Waals surface area contributed by atoms with Gasteiger partial charge in [-0.1, -0.05) is 61.5 Å². The fourth-order valence-corrected chi connectivity index (χ4v) is 2.41. The van der Waals surface area contributed by atoms with Gasteiger partial charge in [-0.2, -0.15) is 0 Å². The first-order valence-corrected chi connectivity index (χ1v) is 6.64. The van der Waals surface area contributed by atoms with Gasteiger partial charge >= 0.3 is 0 Å². The van der Waals surface area contributed by atoms with Gasteiger partial charge in [0.05, 0.1) is 0 Å². The molecule has 0 heterocycles. The molecule has 0 radical (unpaired) electrons. The van der Waals surface area contributed by atoms with Gasteiger partial charge < -0.3 is 5.32 Å². The summed E-state index contributed by atoms with van der Waals surface area (Å²) in [5.41, 5.74) is 4.24. The summed E-state index contributed by atoms with van der Waals surface area (Å²) in [7, 11) is 2.04. The van der Waals surface area contributed by atoms with E-state index in [2.05, 4.69) is 66.8 Å². The van der Waals surface area contributed by atoms with Gasteiger partial charge in [-0.05, 0) is 36.6 Å². The van der Waals surface area contributed by atoms with Gasteiger partial charge in [0, 0.05) is 6.04 Å². The number of hydrogen-bond donors (Lipinski definition) is 1. The number of hydrogen-bond acceptors (Lipinski definition) is 1. The summed E-state index contributed by atoms with van der Waals surface area (Å²) >= 11 is 0. The smallest absolute Gasteiger partial charge is 0.0361 e. The Bertz CT molecular complexity index is 476. The number of likely N-dealkylation sites (N-methyl/N-ethyl adjacent to an activating group) is 1. The van der Waals surface area contributed by atoms with E-state index in [4.69, 9.17) is 0 Å². The van der Waals surface area contributed by atoms with Crippen LogP contribution in [0.2, 0.25) is 0 Å². The van der Waals surface area contributed by atoms with E-state index in [9.17, 15) is 0 Å². The minimum Gasteiger partial charge on any atom is -0.313 e. The van der Waals surface area contributed by atoms with Crippen molar-refractivity contribution in [2.75, 3.05) is 7.05 Å². The summed E-state index contributed by atoms with van der Waals surface area (Å²) in [6.07, 6.45) is 2.12. The predicted octanol–water partition coefficient (Wildman–Crippen LogP) is 3.75. The van der Waals surface area contributed by atoms with Gasteiger partial charge in [0.15, 0.2) is 0 Å². The molecule has 2 aromatic rings. The summed E-state index contributed by atoms with van der Waals surface area (Å²) < 4.78 is 0. The molecule has 94 valence electrons. The molecule has 1 N–H and O–H groups in total. The van der Waals surface area contributed by atoms with Gasteiger partial charge in [0.2, 0.25) is 0 Å². The molecule has 0 amide bonds. The molecule has 1 nitrogen and oxygen atoms in total. The lowest BCUT2D eigenvalue weighted by Crippen LogP contribution is -2.20. The van der Waals surface area contributed by atoms with E-state index in [1.807, 2.05) is 7.05 Å². The van der Waals surface area contributed by atoms with E-state index in [0.29, 0.717) is 6.04 Å². The Kier molecular flexibility index (Phi) is 4.54. The van der Waals surface area contributed by atoms with Crippen LogP contribution in [-0.4, -0.2) is 7.05 Å². The zero-order chi connectivity index (χ0) is 12.8. The van der Waals surface area contributed by atoms with Crippen molar-refractivity contribution in [3.63, 3.8) is 0 Å². The van der Waals surface area contributed by atoms with Crippen LogP contribution in [0.1, 0.15) is 29.7 Å². The molecule has 0 fully saturated rings. The van der Waals surface area contributed by atoms with E-state index in [0.717, 1.165) is 12.8 Å². The number of aryl methyl sites for hydroxylation is 1. The van der Waals surface area contributed by atoms with Gasteiger partial charge in [-0.3, -0.25) is 0 Å². The Morgan fingerprint density at radius 2 is 1.61 bits per heavy atom. The van der Waals surface area contributed by atoms with Crippen LogP contribution in [0.4, 0.5) is 0 Å². The van der Waals surface area contributed by atoms with E-state index >= 15 is 0 Å². The zero-order valence-corrected chi connectivity index (χ0v) is 11.2. The van der Waals surface area contributed by atoms with Crippen LogP contribution < -0.4 is 5.32 Å². The van der Waals surface area contributed by atoms with Crippen molar-refractivity contribution < 1.29 is 0 Å². The van der Waals surface area contributed by atoms with Crippen LogP contribution in [0.5, 0.6) is 0 Å². The van der Waals surface area contributed by atoms with Crippen LogP contribution in [-0.2, 0) is 12.8 Å². The Labute approximate surface area is 110 Å². The van der Waals surface area contributed by atoms with Crippen molar-refractivity contribution in [3.05, 3.63) is 71.3 Å². The van der Waals surface area contributed by atoms with Gasteiger partial charge in [0.25, 0.3) is 0 Å². The summed E-state index contributed by atoms with van der Waals surface area (Å²) in [4.78, 5) is 0. The highest BCUT2D eigenvalue weighted by Gasteiger charge is 2.12. The third-order valence-corrected chi connectivity index (χ3v) is 3.44. The van der Waals surface area contributed by atoms with E-state index in [1.54, 1.807) is 0 Å². The van der Waals surface area contributed by atoms with Gasteiger partial charge in [-0.15, -0.1) is 0 Å². The Morgan fingerprint density at radius 1 is 0.944 bits per heavy atom. The standard InChI is InChI=1S/C17H21N/c1-3-15-11-7-8-12-16(15)17(18-2)13-14-9-5-4-6-10-14/h4-12,17-18H,3,13H2,1-2H3. The monoisotopic (exact) mass is 239 g/mol. The van der Waals surface area contributed by atoms with E-state index < -0.39 is 0 Å². The Balaban J connectivity index is 2.23. The quantitative estimate of drug-likeness (QED) is 0.838. The van der Waals surface area contributed by atoms with Crippen LogP contribution in [0, 0.1) is 0 Å². The third-order valence-electron chi connectivity index (χ3n) is 3.44. The normalized spacial score (nSPS) is 12.3. The number of rotatable bonds is 5. The van der Waals surface area contributed by atoms with Crippen molar-refractivity contribution in [3.8, 4) is 0 Å². The molecule has 0 aliphatic carbocycles. The molecule has 0 bridgehead atoms. The lowest BCUT2D eigenvalue weighted by molar-refractivity contribution is 0.587. The number of benzene rings is 2. The van der Waals surface area contributed by atoms with Crippen molar-refractivity contribution >= 4 is 0 Å². The SMILES string of the molecule is CCc1ccccc1C(Cc1ccccc1)NC. The maximum Gasteiger partial charge on any atom is 0.0361 e. The highest BCUT2D eigenvalue weighted by molar-refractivity contribution is 5.31. The zero-order valence-electron chi connectivity index (χ0n) is 11.2. The second-order valence-corrected chi connectivity index (χ2v) is 4.58. The first kappa shape index (κ1) is 12.8. The first-order chi connectivity index (χ1) is 8.85. The molecule has 0 aromatic heterocycles. The van der Waals surface area contributed by atoms with Crippen LogP contribution >= 0.6 is 0 Å². The van der Waals surface area contributed by atoms with Crippen LogP contribution in [0.25, 0.3) is 0 Å². The molecule has 18 heavy (non-hydrogen) atoms. The lowest BCUT2D eigenvalue weighted by Gasteiger charge is -2.19. The van der Waals surface area contributed by atoms with Crippen LogP contribution in [0.3, 0.4) is 0 Å². The number of nitrogens with one attached hydrogen (secondary N) is 1. The van der Waals surface area contributed by atoms with E-state index in [1.165, 1.54) is 16.7 Å². The Morgan fingerprint density at radius 3 is 2.28 bits per heavy atom. The molecule has 1 heteroatoms. The lowest BCUT2D eigenvalue weighted by atomic mass is 9.94. The third kappa shape index (κ3) is 2.99. The first-order valence-electron chi connectivity index (χ1n) is 6.64. The average Bonchev–Trinajstić information content (AvgIpc) is 2.46. The fraction of sp³-hybridized carbons (Fsp3) is 0.294. The van der Waals surface area contributed by atoms with Crippen LogP contribution in [0.15, 0.2) is 54.6 Å². The predicted molar refractivity (Wildman–Crippen MR) is 77.8 cm³/mol. The van der Waals surface area contributed by atoms with Crippen molar-refractivity contribution in [1.29, 1.82) is 0 Å². The summed E-state index contributed by atoms with van der Waals surface area (Å²) in [6, 6.07) is 19.8. The molecule has 1 atom stereocenters. The second kappa shape index (κ2) is 6.36. The minimum absolute atomic E-state index is 0.392. The maximum atomic E-state index is 3.44. The second-order valence-electron chi connectivity index (χ2n) is 4.58. The Hall–Kier alpha value is -1.60. The van der Waals surface area contributed by atoms with Crippen molar-refractivity contribution in [1.82, 2.24) is 5.32 Å². The minimum atomic E-state index is 0.392. The van der Waals surface area contributed by atoms with Crippen molar-refractivity contribution in [2.45, 2.75) is 25.8 Å². The maximum absolute atomic E-state index is 3.44. The summed E-state index contributed by atoms with van der Waals surface area (Å²) in [6.45, 7) is 2.22. The molecule has 0 saturated heterocycles. The van der Waals surface area contributed by atoms with E-state index in [-0.39, 0.29) is 0 Å². The van der Waals surface area contributed by atoms with Gasteiger partial charge in [0.1, 0.15) is 0 Å². The average molecular weight is 239 g/mol. The molecule has 0 spiro atoms. The molecule has 1 unspecified atom stereocenters. The molecule has 0 aliphatic rings. The largest absolute Gasteiger partial charge is 0.313 e. The highest BCUT2D eigenvalue weighted by atomic mass is 14.9. The molecular weight excluding hydrogens is 218 g/mol.